The molecule has 0 spiro atoms. The Morgan fingerprint density at radius 3 is 2.33 bits per heavy atom. The third-order valence-electron chi connectivity index (χ3n) is 5.43. The van der Waals surface area contributed by atoms with E-state index in [-0.39, 0.29) is 11.8 Å². The molecule has 1 aliphatic heterocycles. The van der Waals surface area contributed by atoms with E-state index < -0.39 is 0 Å². The third-order valence-corrected chi connectivity index (χ3v) is 5.43. The molecule has 1 atom stereocenters. The van der Waals surface area contributed by atoms with Gasteiger partial charge in [-0.15, -0.1) is 0 Å². The monoisotopic (exact) mass is 404 g/mol. The smallest absolute Gasteiger partial charge is 0.229 e. The Morgan fingerprint density at radius 2 is 1.70 bits per heavy atom. The van der Waals surface area contributed by atoms with Crippen LogP contribution < -0.4 is 10.2 Å². The van der Waals surface area contributed by atoms with E-state index in [0.29, 0.717) is 6.54 Å². The number of aromatic nitrogens is 4. The van der Waals surface area contributed by atoms with Gasteiger partial charge in [-0.25, -0.2) is 14.6 Å². The second-order valence-corrected chi connectivity index (χ2v) is 8.11. The second-order valence-electron chi connectivity index (χ2n) is 8.11. The van der Waals surface area contributed by atoms with Crippen LogP contribution in [0.25, 0.3) is 5.69 Å². The molecule has 1 amide bonds. The lowest BCUT2D eigenvalue weighted by Crippen LogP contribution is -2.41. The summed E-state index contributed by atoms with van der Waals surface area (Å²) in [6, 6.07) is 11.8. The van der Waals surface area contributed by atoms with E-state index in [4.69, 9.17) is 0 Å². The first-order chi connectivity index (χ1) is 14.4. The van der Waals surface area contributed by atoms with Crippen molar-refractivity contribution in [2.24, 2.45) is 5.92 Å². The van der Waals surface area contributed by atoms with Crippen molar-refractivity contribution in [1.82, 2.24) is 19.7 Å². The normalized spacial score (nSPS) is 16.5. The van der Waals surface area contributed by atoms with E-state index in [2.05, 4.69) is 25.3 Å². The van der Waals surface area contributed by atoms with Crippen molar-refractivity contribution in [2.45, 2.75) is 40.5 Å². The number of carbonyl (C=O) groups is 1. The lowest BCUT2D eigenvalue weighted by Gasteiger charge is -2.32. The van der Waals surface area contributed by atoms with Gasteiger partial charge in [-0.3, -0.25) is 4.79 Å². The van der Waals surface area contributed by atoms with Crippen LogP contribution in [0.4, 0.5) is 11.6 Å². The van der Waals surface area contributed by atoms with Gasteiger partial charge >= 0.3 is 0 Å². The molecule has 1 saturated heterocycles. The number of nitrogens with zero attached hydrogens (tertiary/aromatic N) is 5. The maximum absolute atomic E-state index is 12.9. The fourth-order valence-electron chi connectivity index (χ4n) is 4.04. The largest absolute Gasteiger partial charge is 0.340 e. The van der Waals surface area contributed by atoms with Crippen molar-refractivity contribution in [2.75, 3.05) is 23.3 Å². The molecule has 0 saturated carbocycles. The maximum Gasteiger partial charge on any atom is 0.229 e. The molecule has 2 aromatic heterocycles. The molecule has 0 radical (unpaired) electrons. The summed E-state index contributed by atoms with van der Waals surface area (Å²) >= 11 is 0. The van der Waals surface area contributed by atoms with Gasteiger partial charge in [-0.05, 0) is 76.9 Å². The lowest BCUT2D eigenvalue weighted by molar-refractivity contribution is -0.120. The zero-order chi connectivity index (χ0) is 21.3. The first-order valence-corrected chi connectivity index (χ1v) is 10.4. The quantitative estimate of drug-likeness (QED) is 0.717. The fraction of sp³-hybridized carbons (Fsp3) is 0.391. The van der Waals surface area contributed by atoms with Gasteiger partial charge < -0.3 is 10.2 Å². The summed E-state index contributed by atoms with van der Waals surface area (Å²) in [5.41, 5.74) is 5.75. The Bertz CT molecular complexity index is 1040. The first kappa shape index (κ1) is 20.1. The van der Waals surface area contributed by atoms with Gasteiger partial charge in [0.1, 0.15) is 0 Å². The van der Waals surface area contributed by atoms with E-state index in [1.807, 2.05) is 68.8 Å². The van der Waals surface area contributed by atoms with Crippen molar-refractivity contribution in [3.8, 4) is 5.69 Å². The predicted molar refractivity (Wildman–Crippen MR) is 118 cm³/mol. The van der Waals surface area contributed by atoms with E-state index in [1.165, 1.54) is 0 Å². The minimum atomic E-state index is -0.0844. The summed E-state index contributed by atoms with van der Waals surface area (Å²) in [6.07, 6.45) is 1.82. The number of rotatable bonds is 4. The van der Waals surface area contributed by atoms with Crippen LogP contribution in [0.3, 0.4) is 0 Å². The Kier molecular flexibility index (Phi) is 5.53. The number of amides is 1. The molecule has 1 aromatic carbocycles. The molecule has 7 nitrogen and oxygen atoms in total. The molecular weight excluding hydrogens is 376 g/mol. The summed E-state index contributed by atoms with van der Waals surface area (Å²) in [5.74, 6) is 0.682. The number of hydrogen-bond donors (Lipinski definition) is 1. The molecule has 30 heavy (non-hydrogen) atoms. The van der Waals surface area contributed by atoms with Crippen molar-refractivity contribution in [3.05, 3.63) is 59.2 Å². The fourth-order valence-corrected chi connectivity index (χ4v) is 4.04. The number of nitrogens with one attached hydrogen (secondary N) is 1. The highest BCUT2D eigenvalue weighted by molar-refractivity contribution is 5.93. The van der Waals surface area contributed by atoms with Crippen LogP contribution >= 0.6 is 0 Å². The highest BCUT2D eigenvalue weighted by Gasteiger charge is 2.27. The Morgan fingerprint density at radius 1 is 1.00 bits per heavy atom. The van der Waals surface area contributed by atoms with Crippen LogP contribution in [0.5, 0.6) is 0 Å². The van der Waals surface area contributed by atoms with Crippen molar-refractivity contribution < 1.29 is 4.79 Å². The molecule has 3 aromatic rings. The molecule has 1 N–H and O–H groups in total. The molecule has 0 aliphatic carbocycles. The van der Waals surface area contributed by atoms with Crippen LogP contribution in [0.15, 0.2) is 36.4 Å². The minimum absolute atomic E-state index is 0.0444. The van der Waals surface area contributed by atoms with E-state index in [9.17, 15) is 4.79 Å². The standard InChI is InChI=1S/C23H28N6O/c1-15-12-16(2)25-23(24-15)28-11-5-6-19(14-28)22(30)26-20-7-9-21(10-8-20)29-18(4)13-17(3)27-29/h7-10,12-13,19H,5-6,11,14H2,1-4H3,(H,26,30)/t19-/m0/s1. The number of aryl methyl sites for hydroxylation is 4. The van der Waals surface area contributed by atoms with Crippen LogP contribution in [0, 0.1) is 33.6 Å². The van der Waals surface area contributed by atoms with Crippen molar-refractivity contribution in [3.63, 3.8) is 0 Å². The molecule has 1 fully saturated rings. The number of carbonyl (C=O) groups excluding carboxylic acids is 1. The van der Waals surface area contributed by atoms with E-state index >= 15 is 0 Å². The Hall–Kier alpha value is -3.22. The summed E-state index contributed by atoms with van der Waals surface area (Å²) in [6.45, 7) is 9.48. The zero-order valence-electron chi connectivity index (χ0n) is 18.0. The molecular formula is C23H28N6O. The van der Waals surface area contributed by atoms with Gasteiger partial charge in [0.15, 0.2) is 0 Å². The first-order valence-electron chi connectivity index (χ1n) is 10.4. The molecule has 156 valence electrons. The number of anilines is 2. The topological polar surface area (TPSA) is 75.9 Å². The van der Waals surface area contributed by atoms with Gasteiger partial charge in [0.25, 0.3) is 0 Å². The average molecular weight is 405 g/mol. The molecule has 0 unspecified atom stereocenters. The number of piperidine rings is 1. The van der Waals surface area contributed by atoms with Gasteiger partial charge in [-0.2, -0.15) is 5.10 Å². The predicted octanol–water partition coefficient (Wildman–Crippen LogP) is 3.75. The van der Waals surface area contributed by atoms with Crippen molar-refractivity contribution in [1.29, 1.82) is 0 Å². The van der Waals surface area contributed by atoms with Crippen molar-refractivity contribution >= 4 is 17.5 Å². The van der Waals surface area contributed by atoms with Gasteiger partial charge in [0, 0.05) is 35.9 Å². The maximum atomic E-state index is 12.9. The second kappa shape index (κ2) is 8.26. The highest BCUT2D eigenvalue weighted by atomic mass is 16.1. The van der Waals surface area contributed by atoms with Crippen LogP contribution in [0.1, 0.15) is 35.6 Å². The third kappa shape index (κ3) is 4.35. The van der Waals surface area contributed by atoms with Crippen LogP contribution in [-0.4, -0.2) is 38.7 Å². The average Bonchev–Trinajstić information content (AvgIpc) is 3.06. The van der Waals surface area contributed by atoms with Crippen LogP contribution in [0.2, 0.25) is 0 Å². The molecule has 1 aliphatic rings. The minimum Gasteiger partial charge on any atom is -0.340 e. The number of hydrogen-bond acceptors (Lipinski definition) is 5. The SMILES string of the molecule is Cc1cc(C)nc(N2CCC[C@H](C(=O)Nc3ccc(-n4nc(C)cc4C)cc3)C2)n1. The summed E-state index contributed by atoms with van der Waals surface area (Å²) in [7, 11) is 0. The van der Waals surface area contributed by atoms with Crippen LogP contribution in [-0.2, 0) is 4.79 Å². The van der Waals surface area contributed by atoms with E-state index in [1.54, 1.807) is 0 Å². The van der Waals surface area contributed by atoms with Gasteiger partial charge in [-0.1, -0.05) is 0 Å². The lowest BCUT2D eigenvalue weighted by atomic mass is 9.97. The molecule has 3 heterocycles. The summed E-state index contributed by atoms with van der Waals surface area (Å²) in [4.78, 5) is 24.1. The molecule has 7 heteroatoms. The molecule has 4 rings (SSSR count). The molecule has 0 bridgehead atoms. The highest BCUT2D eigenvalue weighted by Crippen LogP contribution is 2.23. The number of benzene rings is 1. The Labute approximate surface area is 177 Å². The van der Waals surface area contributed by atoms with Gasteiger partial charge in [0.2, 0.25) is 11.9 Å². The van der Waals surface area contributed by atoms with E-state index in [0.717, 1.165) is 59.5 Å². The Balaban J connectivity index is 1.42. The summed E-state index contributed by atoms with van der Waals surface area (Å²) < 4.78 is 1.91. The summed E-state index contributed by atoms with van der Waals surface area (Å²) in [5, 5.41) is 7.57. The van der Waals surface area contributed by atoms with Gasteiger partial charge in [0.05, 0.1) is 17.3 Å². The zero-order valence-corrected chi connectivity index (χ0v) is 18.0.